The molecular formula is C20H24N4O3. The van der Waals surface area contributed by atoms with E-state index in [-0.39, 0.29) is 23.4 Å². The third-order valence-electron chi connectivity index (χ3n) is 4.50. The Bertz CT molecular complexity index is 818. The van der Waals surface area contributed by atoms with Crippen LogP contribution in [0.2, 0.25) is 0 Å². The fourth-order valence-corrected chi connectivity index (χ4v) is 2.92. The van der Waals surface area contributed by atoms with Crippen molar-refractivity contribution in [3.05, 3.63) is 54.8 Å². The van der Waals surface area contributed by atoms with Crippen LogP contribution in [0, 0.1) is 0 Å². The Balaban J connectivity index is 1.58. The van der Waals surface area contributed by atoms with Crippen molar-refractivity contribution < 1.29 is 14.0 Å². The van der Waals surface area contributed by atoms with Gasteiger partial charge in [-0.3, -0.25) is 9.59 Å². The molecule has 1 aromatic heterocycles. The average Bonchev–Trinajstić information content (AvgIpc) is 3.19. The molecule has 1 N–H and O–H groups in total. The predicted molar refractivity (Wildman–Crippen MR) is 104 cm³/mol. The summed E-state index contributed by atoms with van der Waals surface area (Å²) in [5.74, 6) is 0.355. The number of carbonyl (C=O) groups is 2. The average molecular weight is 368 g/mol. The van der Waals surface area contributed by atoms with Gasteiger partial charge in [0.25, 0.3) is 5.91 Å². The lowest BCUT2D eigenvalue weighted by Gasteiger charge is -2.35. The Morgan fingerprint density at radius 2 is 1.85 bits per heavy atom. The van der Waals surface area contributed by atoms with Crippen molar-refractivity contribution in [2.75, 3.05) is 36.4 Å². The van der Waals surface area contributed by atoms with Gasteiger partial charge in [0.15, 0.2) is 11.6 Å². The van der Waals surface area contributed by atoms with Crippen LogP contribution in [0.25, 0.3) is 0 Å². The molecular weight excluding hydrogens is 344 g/mol. The normalized spacial score (nSPS) is 14.3. The zero-order valence-corrected chi connectivity index (χ0v) is 15.6. The number of aromatic nitrogens is 1. The van der Waals surface area contributed by atoms with Gasteiger partial charge >= 0.3 is 0 Å². The standard InChI is InChI=1S/C20H24N4O3/c1-4-18(25)24-11-9-23(10-12-24)16-7-5-15(6-8-16)21-19(26)17-13-27-20(22-17)14(2)3/h4-8,13-14H,1,9-12H2,2-3H3,(H,21,26). The van der Waals surface area contributed by atoms with Crippen LogP contribution in [0.3, 0.4) is 0 Å². The first-order valence-corrected chi connectivity index (χ1v) is 9.01. The zero-order chi connectivity index (χ0) is 19.4. The molecule has 1 aliphatic rings. The van der Waals surface area contributed by atoms with Crippen molar-refractivity contribution in [2.24, 2.45) is 0 Å². The maximum absolute atomic E-state index is 12.3. The summed E-state index contributed by atoms with van der Waals surface area (Å²) in [5, 5.41) is 2.83. The molecule has 2 amide bonds. The number of benzene rings is 1. The van der Waals surface area contributed by atoms with Crippen LogP contribution in [0.1, 0.15) is 36.1 Å². The Hall–Kier alpha value is -3.09. The minimum atomic E-state index is -0.296. The third kappa shape index (κ3) is 4.36. The number of nitrogens with one attached hydrogen (secondary N) is 1. The minimum Gasteiger partial charge on any atom is -0.448 e. The number of anilines is 2. The Morgan fingerprint density at radius 3 is 2.41 bits per heavy atom. The highest BCUT2D eigenvalue weighted by atomic mass is 16.3. The van der Waals surface area contributed by atoms with Crippen molar-refractivity contribution in [3.8, 4) is 0 Å². The van der Waals surface area contributed by atoms with Gasteiger partial charge in [0, 0.05) is 43.5 Å². The first-order valence-electron chi connectivity index (χ1n) is 9.01. The van der Waals surface area contributed by atoms with Gasteiger partial charge in [-0.05, 0) is 30.3 Å². The molecule has 2 aromatic rings. The zero-order valence-electron chi connectivity index (χ0n) is 15.6. The summed E-state index contributed by atoms with van der Waals surface area (Å²) in [6.45, 7) is 10.3. The van der Waals surface area contributed by atoms with Gasteiger partial charge in [0.05, 0.1) is 0 Å². The number of hydrogen-bond donors (Lipinski definition) is 1. The predicted octanol–water partition coefficient (Wildman–Crippen LogP) is 2.88. The molecule has 2 heterocycles. The largest absolute Gasteiger partial charge is 0.448 e. The number of piperazine rings is 1. The van der Waals surface area contributed by atoms with E-state index in [1.54, 1.807) is 4.90 Å². The van der Waals surface area contributed by atoms with Gasteiger partial charge in [-0.15, -0.1) is 0 Å². The molecule has 27 heavy (non-hydrogen) atoms. The maximum atomic E-state index is 12.3. The molecule has 1 aromatic carbocycles. The molecule has 7 heteroatoms. The van der Waals surface area contributed by atoms with Gasteiger partial charge in [-0.1, -0.05) is 20.4 Å². The second kappa shape index (κ2) is 8.07. The summed E-state index contributed by atoms with van der Waals surface area (Å²) in [4.78, 5) is 32.1. The van der Waals surface area contributed by atoms with Crippen LogP contribution in [0.4, 0.5) is 11.4 Å². The highest BCUT2D eigenvalue weighted by Crippen LogP contribution is 2.20. The SMILES string of the molecule is C=CC(=O)N1CCN(c2ccc(NC(=O)c3coc(C(C)C)n3)cc2)CC1. The Morgan fingerprint density at radius 1 is 1.19 bits per heavy atom. The van der Waals surface area contributed by atoms with Gasteiger partial charge in [0.1, 0.15) is 6.26 Å². The number of carbonyl (C=O) groups excluding carboxylic acids is 2. The van der Waals surface area contributed by atoms with E-state index in [1.165, 1.54) is 12.3 Å². The topological polar surface area (TPSA) is 78.7 Å². The number of rotatable bonds is 5. The molecule has 0 aliphatic carbocycles. The van der Waals surface area contributed by atoms with Gasteiger partial charge < -0.3 is 19.5 Å². The fraction of sp³-hybridized carbons (Fsp3) is 0.350. The molecule has 1 aliphatic heterocycles. The van der Waals surface area contributed by atoms with Gasteiger partial charge in [0.2, 0.25) is 5.91 Å². The van der Waals surface area contributed by atoms with E-state index < -0.39 is 0 Å². The Kier molecular flexibility index (Phi) is 5.59. The van der Waals surface area contributed by atoms with E-state index in [0.29, 0.717) is 24.7 Å². The molecule has 0 atom stereocenters. The summed E-state index contributed by atoms with van der Waals surface area (Å²) in [5.41, 5.74) is 2.02. The summed E-state index contributed by atoms with van der Waals surface area (Å²) in [6.07, 6.45) is 2.73. The lowest BCUT2D eigenvalue weighted by Crippen LogP contribution is -2.48. The quantitative estimate of drug-likeness (QED) is 0.821. The monoisotopic (exact) mass is 368 g/mol. The van der Waals surface area contributed by atoms with Crippen molar-refractivity contribution in [2.45, 2.75) is 19.8 Å². The van der Waals surface area contributed by atoms with Crippen molar-refractivity contribution >= 4 is 23.2 Å². The van der Waals surface area contributed by atoms with Gasteiger partial charge in [-0.2, -0.15) is 0 Å². The van der Waals surface area contributed by atoms with Crippen LogP contribution in [-0.2, 0) is 4.79 Å². The Labute approximate surface area is 158 Å². The fourth-order valence-electron chi connectivity index (χ4n) is 2.92. The second-order valence-electron chi connectivity index (χ2n) is 6.74. The van der Waals surface area contributed by atoms with Crippen LogP contribution in [0.5, 0.6) is 0 Å². The lowest BCUT2D eigenvalue weighted by atomic mass is 10.2. The number of nitrogens with zero attached hydrogens (tertiary/aromatic N) is 3. The van der Waals surface area contributed by atoms with E-state index in [0.717, 1.165) is 18.8 Å². The number of oxazole rings is 1. The van der Waals surface area contributed by atoms with E-state index >= 15 is 0 Å². The second-order valence-corrected chi connectivity index (χ2v) is 6.74. The number of hydrogen-bond acceptors (Lipinski definition) is 5. The molecule has 0 spiro atoms. The van der Waals surface area contributed by atoms with Crippen molar-refractivity contribution in [1.29, 1.82) is 0 Å². The third-order valence-corrected chi connectivity index (χ3v) is 4.50. The van der Waals surface area contributed by atoms with E-state index in [1.807, 2.05) is 38.1 Å². The van der Waals surface area contributed by atoms with Crippen LogP contribution in [-0.4, -0.2) is 47.9 Å². The summed E-state index contributed by atoms with van der Waals surface area (Å²) >= 11 is 0. The summed E-state index contributed by atoms with van der Waals surface area (Å²) in [6, 6.07) is 7.64. The lowest BCUT2D eigenvalue weighted by molar-refractivity contribution is -0.126. The molecule has 0 bridgehead atoms. The van der Waals surface area contributed by atoms with E-state index in [4.69, 9.17) is 4.42 Å². The molecule has 0 unspecified atom stereocenters. The van der Waals surface area contributed by atoms with E-state index in [9.17, 15) is 9.59 Å². The maximum Gasteiger partial charge on any atom is 0.277 e. The molecule has 0 saturated carbocycles. The molecule has 7 nitrogen and oxygen atoms in total. The molecule has 1 fully saturated rings. The summed E-state index contributed by atoms with van der Waals surface area (Å²) < 4.78 is 5.30. The molecule has 1 saturated heterocycles. The van der Waals surface area contributed by atoms with Crippen molar-refractivity contribution in [1.82, 2.24) is 9.88 Å². The van der Waals surface area contributed by atoms with Crippen LogP contribution in [0.15, 0.2) is 47.6 Å². The first-order chi connectivity index (χ1) is 13.0. The first kappa shape index (κ1) is 18.7. The highest BCUT2D eigenvalue weighted by Gasteiger charge is 2.20. The minimum absolute atomic E-state index is 0.0267. The molecule has 0 radical (unpaired) electrons. The number of amides is 2. The smallest absolute Gasteiger partial charge is 0.277 e. The van der Waals surface area contributed by atoms with E-state index in [2.05, 4.69) is 21.8 Å². The molecule has 142 valence electrons. The van der Waals surface area contributed by atoms with Crippen molar-refractivity contribution in [3.63, 3.8) is 0 Å². The van der Waals surface area contributed by atoms with Crippen LogP contribution < -0.4 is 10.2 Å². The van der Waals surface area contributed by atoms with Gasteiger partial charge in [-0.25, -0.2) is 4.98 Å². The highest BCUT2D eigenvalue weighted by molar-refractivity contribution is 6.02. The molecule has 3 rings (SSSR count). The van der Waals surface area contributed by atoms with Crippen LogP contribution >= 0.6 is 0 Å². The summed E-state index contributed by atoms with van der Waals surface area (Å²) in [7, 11) is 0.